The molecule has 0 bridgehead atoms. The summed E-state index contributed by atoms with van der Waals surface area (Å²) in [6.45, 7) is 3.80. The second-order valence-corrected chi connectivity index (χ2v) is 8.58. The lowest BCUT2D eigenvalue weighted by Crippen LogP contribution is -2.48. The fraction of sp³-hybridized carbons (Fsp3) is 0.364. The molecule has 2 aliphatic rings. The van der Waals surface area contributed by atoms with E-state index >= 15 is 0 Å². The van der Waals surface area contributed by atoms with E-state index < -0.39 is 0 Å². The molecule has 0 aliphatic carbocycles. The fourth-order valence-corrected chi connectivity index (χ4v) is 5.18. The molecule has 28 heavy (non-hydrogen) atoms. The second-order valence-electron chi connectivity index (χ2n) is 7.55. The average Bonchev–Trinajstić information content (AvgIpc) is 3.45. The minimum absolute atomic E-state index is 0.106. The Kier molecular flexibility index (Phi) is 4.74. The first-order chi connectivity index (χ1) is 13.8. The van der Waals surface area contributed by atoms with Gasteiger partial charge in [-0.15, -0.1) is 11.3 Å². The molecule has 0 radical (unpaired) electrons. The van der Waals surface area contributed by atoms with E-state index in [0.717, 1.165) is 56.0 Å². The Bertz CT molecular complexity index is 958. The molecule has 3 aromatic rings. The maximum absolute atomic E-state index is 12.9. The van der Waals surface area contributed by atoms with Gasteiger partial charge in [0.2, 0.25) is 0 Å². The summed E-state index contributed by atoms with van der Waals surface area (Å²) in [6, 6.07) is 11.2. The molecule has 0 unspecified atom stereocenters. The molecule has 1 aromatic carbocycles. The highest BCUT2D eigenvalue weighted by atomic mass is 32.1. The van der Waals surface area contributed by atoms with Crippen LogP contribution in [-0.4, -0.2) is 46.4 Å². The van der Waals surface area contributed by atoms with E-state index in [9.17, 15) is 4.79 Å². The van der Waals surface area contributed by atoms with E-state index in [1.54, 1.807) is 18.7 Å². The standard InChI is InChI=1S/C22H23N3O2S/c26-22(20-13-23-21(28-20)18-8-12-27-15-18)24-10-6-19(7-11-24)25-9-5-16-3-1-2-4-17(16)14-25/h1-4,8,12-13,15,19H,5-7,9-11,14H2. The summed E-state index contributed by atoms with van der Waals surface area (Å²) < 4.78 is 5.11. The molecule has 0 atom stereocenters. The van der Waals surface area contributed by atoms with Crippen LogP contribution in [0.4, 0.5) is 0 Å². The first kappa shape index (κ1) is 17.6. The quantitative estimate of drug-likeness (QED) is 0.673. The number of carbonyl (C=O) groups is 1. The van der Waals surface area contributed by atoms with Gasteiger partial charge in [0.1, 0.15) is 16.1 Å². The van der Waals surface area contributed by atoms with Gasteiger partial charge in [-0.3, -0.25) is 9.69 Å². The molecule has 2 aromatic heterocycles. The molecule has 0 saturated carbocycles. The van der Waals surface area contributed by atoms with Gasteiger partial charge in [-0.1, -0.05) is 24.3 Å². The van der Waals surface area contributed by atoms with E-state index in [0.29, 0.717) is 10.9 Å². The Hall–Kier alpha value is -2.44. The summed E-state index contributed by atoms with van der Waals surface area (Å²) in [5.41, 5.74) is 3.88. The number of piperidine rings is 1. The highest BCUT2D eigenvalue weighted by Gasteiger charge is 2.29. The summed E-state index contributed by atoms with van der Waals surface area (Å²) in [7, 11) is 0. The normalized spacial score (nSPS) is 18.2. The smallest absolute Gasteiger partial charge is 0.265 e. The van der Waals surface area contributed by atoms with E-state index in [1.165, 1.54) is 22.5 Å². The second kappa shape index (κ2) is 7.53. The number of fused-ring (bicyclic) bond motifs is 1. The lowest BCUT2D eigenvalue weighted by Gasteiger charge is -2.40. The topological polar surface area (TPSA) is 49.6 Å². The van der Waals surface area contributed by atoms with Gasteiger partial charge in [0.15, 0.2) is 0 Å². The highest BCUT2D eigenvalue weighted by molar-refractivity contribution is 7.16. The van der Waals surface area contributed by atoms with Crippen molar-refractivity contribution in [2.45, 2.75) is 31.8 Å². The number of likely N-dealkylation sites (tertiary alicyclic amines) is 1. The van der Waals surface area contributed by atoms with Crippen molar-refractivity contribution in [1.82, 2.24) is 14.8 Å². The molecule has 144 valence electrons. The Morgan fingerprint density at radius 2 is 1.93 bits per heavy atom. The van der Waals surface area contributed by atoms with Crippen molar-refractivity contribution in [3.63, 3.8) is 0 Å². The van der Waals surface area contributed by atoms with Gasteiger partial charge in [0.25, 0.3) is 5.91 Å². The van der Waals surface area contributed by atoms with Crippen LogP contribution in [0.2, 0.25) is 0 Å². The van der Waals surface area contributed by atoms with Crippen LogP contribution in [0.25, 0.3) is 10.6 Å². The summed E-state index contributed by atoms with van der Waals surface area (Å²) >= 11 is 1.44. The first-order valence-electron chi connectivity index (χ1n) is 9.86. The number of amides is 1. The van der Waals surface area contributed by atoms with Crippen LogP contribution in [-0.2, 0) is 13.0 Å². The Morgan fingerprint density at radius 1 is 1.11 bits per heavy atom. The SMILES string of the molecule is O=C(c1cnc(-c2ccoc2)s1)N1CCC(N2CCc3ccccc3C2)CC1. The monoisotopic (exact) mass is 393 g/mol. The van der Waals surface area contributed by atoms with Crippen LogP contribution in [0.1, 0.15) is 33.6 Å². The summed E-state index contributed by atoms with van der Waals surface area (Å²) in [6.07, 6.45) is 8.20. The molecule has 1 fully saturated rings. The fourth-order valence-electron chi connectivity index (χ4n) is 4.31. The van der Waals surface area contributed by atoms with Crippen LogP contribution in [0, 0.1) is 0 Å². The lowest BCUT2D eigenvalue weighted by molar-refractivity contribution is 0.0603. The molecule has 0 spiro atoms. The maximum Gasteiger partial charge on any atom is 0.265 e. The summed E-state index contributed by atoms with van der Waals surface area (Å²) in [5.74, 6) is 0.106. The summed E-state index contributed by atoms with van der Waals surface area (Å²) in [5, 5.41) is 0.832. The van der Waals surface area contributed by atoms with Gasteiger partial charge >= 0.3 is 0 Å². The Balaban J connectivity index is 1.20. The van der Waals surface area contributed by atoms with Crippen LogP contribution < -0.4 is 0 Å². The van der Waals surface area contributed by atoms with E-state index in [-0.39, 0.29) is 5.91 Å². The van der Waals surface area contributed by atoms with Crippen molar-refractivity contribution in [3.8, 4) is 10.6 Å². The molecule has 1 amide bonds. The lowest BCUT2D eigenvalue weighted by atomic mass is 9.95. The number of aromatic nitrogens is 1. The molecule has 1 saturated heterocycles. The molecule has 6 heteroatoms. The molecular weight excluding hydrogens is 370 g/mol. The van der Waals surface area contributed by atoms with Gasteiger partial charge in [-0.25, -0.2) is 4.98 Å². The number of nitrogens with zero attached hydrogens (tertiary/aromatic N) is 3. The van der Waals surface area contributed by atoms with Crippen LogP contribution in [0.5, 0.6) is 0 Å². The van der Waals surface area contributed by atoms with Gasteiger partial charge in [0.05, 0.1) is 12.5 Å². The third kappa shape index (κ3) is 3.38. The van der Waals surface area contributed by atoms with Gasteiger partial charge < -0.3 is 9.32 Å². The van der Waals surface area contributed by atoms with E-state index in [2.05, 4.69) is 34.1 Å². The van der Waals surface area contributed by atoms with Crippen LogP contribution >= 0.6 is 11.3 Å². The molecule has 5 rings (SSSR count). The third-order valence-electron chi connectivity index (χ3n) is 5.91. The predicted octanol–water partition coefficient (Wildman–Crippen LogP) is 4.07. The van der Waals surface area contributed by atoms with Gasteiger partial charge in [0, 0.05) is 37.8 Å². The largest absolute Gasteiger partial charge is 0.472 e. The number of hydrogen-bond acceptors (Lipinski definition) is 5. The van der Waals surface area contributed by atoms with Crippen molar-refractivity contribution in [2.75, 3.05) is 19.6 Å². The van der Waals surface area contributed by atoms with Crippen molar-refractivity contribution in [3.05, 3.63) is 65.1 Å². The minimum atomic E-state index is 0.106. The first-order valence-corrected chi connectivity index (χ1v) is 10.7. The molecule has 4 heterocycles. The Morgan fingerprint density at radius 3 is 2.71 bits per heavy atom. The average molecular weight is 394 g/mol. The van der Waals surface area contributed by atoms with Gasteiger partial charge in [-0.2, -0.15) is 0 Å². The summed E-state index contributed by atoms with van der Waals surface area (Å²) in [4.78, 5) is 22.6. The number of thiazole rings is 1. The van der Waals surface area contributed by atoms with E-state index in [1.807, 2.05) is 11.0 Å². The zero-order valence-electron chi connectivity index (χ0n) is 15.7. The molecular formula is C22H23N3O2S. The molecule has 2 aliphatic heterocycles. The third-order valence-corrected chi connectivity index (χ3v) is 6.95. The van der Waals surface area contributed by atoms with E-state index in [4.69, 9.17) is 4.42 Å². The number of rotatable bonds is 3. The maximum atomic E-state index is 12.9. The van der Waals surface area contributed by atoms with Gasteiger partial charge in [-0.05, 0) is 36.5 Å². The van der Waals surface area contributed by atoms with Crippen molar-refractivity contribution >= 4 is 17.2 Å². The van der Waals surface area contributed by atoms with Crippen LogP contribution in [0.3, 0.4) is 0 Å². The number of carbonyl (C=O) groups excluding carboxylic acids is 1. The highest BCUT2D eigenvalue weighted by Crippen LogP contribution is 2.28. The van der Waals surface area contributed by atoms with Crippen molar-refractivity contribution in [2.24, 2.45) is 0 Å². The Labute approximate surface area is 168 Å². The van der Waals surface area contributed by atoms with Crippen LogP contribution in [0.15, 0.2) is 53.5 Å². The molecule has 5 nitrogen and oxygen atoms in total. The number of benzene rings is 1. The minimum Gasteiger partial charge on any atom is -0.472 e. The number of furan rings is 1. The van der Waals surface area contributed by atoms with Crippen molar-refractivity contribution in [1.29, 1.82) is 0 Å². The molecule has 0 N–H and O–H groups in total. The number of hydrogen-bond donors (Lipinski definition) is 0. The van der Waals surface area contributed by atoms with Crippen molar-refractivity contribution < 1.29 is 9.21 Å². The zero-order valence-corrected chi connectivity index (χ0v) is 16.5. The zero-order chi connectivity index (χ0) is 18.9. The predicted molar refractivity (Wildman–Crippen MR) is 109 cm³/mol.